The Morgan fingerprint density at radius 1 is 1.25 bits per heavy atom. The van der Waals surface area contributed by atoms with E-state index in [2.05, 4.69) is 23.7 Å². The van der Waals surface area contributed by atoms with E-state index in [1.165, 1.54) is 12.5 Å². The Balaban J connectivity index is 2.14. The van der Waals surface area contributed by atoms with Crippen LogP contribution in [0.2, 0.25) is 0 Å². The van der Waals surface area contributed by atoms with Crippen molar-refractivity contribution in [2.24, 2.45) is 5.10 Å². The van der Waals surface area contributed by atoms with Gasteiger partial charge in [-0.05, 0) is 45.2 Å². The zero-order valence-corrected chi connectivity index (χ0v) is 11.8. The molecule has 0 unspecified atom stereocenters. The Morgan fingerprint density at radius 2 is 1.90 bits per heavy atom. The molecule has 1 aliphatic heterocycles. The van der Waals surface area contributed by atoms with Crippen LogP contribution in [0.5, 0.6) is 5.75 Å². The van der Waals surface area contributed by atoms with Gasteiger partial charge >= 0.3 is 6.61 Å². The molecule has 1 aromatic rings. The maximum atomic E-state index is 12.3. The van der Waals surface area contributed by atoms with E-state index in [1.54, 1.807) is 24.4 Å². The summed E-state index contributed by atoms with van der Waals surface area (Å²) in [5, 5.41) is 6.51. The molecular weight excluding hydrogens is 262 g/mol. The molecule has 20 heavy (non-hydrogen) atoms. The molecular formula is C15H20F2N2O. The highest BCUT2D eigenvalue weighted by Crippen LogP contribution is 2.23. The third-order valence-corrected chi connectivity index (χ3v) is 3.61. The molecule has 2 atom stereocenters. The van der Waals surface area contributed by atoms with Crippen molar-refractivity contribution in [1.82, 2.24) is 5.01 Å². The van der Waals surface area contributed by atoms with Gasteiger partial charge in [-0.25, -0.2) is 0 Å². The Kier molecular flexibility index (Phi) is 4.93. The first kappa shape index (κ1) is 14.8. The summed E-state index contributed by atoms with van der Waals surface area (Å²) in [6.45, 7) is 1.45. The molecule has 0 saturated carbocycles. The molecule has 0 N–H and O–H groups in total. The topological polar surface area (TPSA) is 24.8 Å². The van der Waals surface area contributed by atoms with Gasteiger partial charge in [-0.3, -0.25) is 5.01 Å². The van der Waals surface area contributed by atoms with E-state index < -0.39 is 6.61 Å². The summed E-state index contributed by atoms with van der Waals surface area (Å²) in [6, 6.07) is 7.44. The fourth-order valence-corrected chi connectivity index (χ4v) is 2.55. The molecule has 3 nitrogen and oxygen atoms in total. The Labute approximate surface area is 118 Å². The molecule has 0 amide bonds. The Morgan fingerprint density at radius 3 is 2.55 bits per heavy atom. The normalized spacial score (nSPS) is 23.6. The molecule has 0 aliphatic carbocycles. The van der Waals surface area contributed by atoms with Crippen molar-refractivity contribution in [1.29, 1.82) is 0 Å². The summed E-state index contributed by atoms with van der Waals surface area (Å²) in [6.07, 6.45) is 5.03. The molecule has 110 valence electrons. The van der Waals surface area contributed by atoms with Gasteiger partial charge < -0.3 is 4.74 Å². The van der Waals surface area contributed by atoms with E-state index in [0.29, 0.717) is 17.6 Å². The van der Waals surface area contributed by atoms with Crippen LogP contribution in [-0.4, -0.2) is 29.9 Å². The molecule has 2 rings (SSSR count). The number of alkyl halides is 2. The number of rotatable bonds is 4. The first-order chi connectivity index (χ1) is 9.58. The third-order valence-electron chi connectivity index (χ3n) is 3.61. The van der Waals surface area contributed by atoms with Crippen molar-refractivity contribution in [3.8, 4) is 5.75 Å². The van der Waals surface area contributed by atoms with Crippen molar-refractivity contribution in [3.05, 3.63) is 29.8 Å². The zero-order chi connectivity index (χ0) is 14.5. The summed E-state index contributed by atoms with van der Waals surface area (Å²) >= 11 is 0. The van der Waals surface area contributed by atoms with Gasteiger partial charge in [0.15, 0.2) is 0 Å². The van der Waals surface area contributed by atoms with Crippen LogP contribution in [0.1, 0.15) is 38.7 Å². The maximum absolute atomic E-state index is 12.3. The van der Waals surface area contributed by atoms with E-state index in [-0.39, 0.29) is 5.75 Å². The quantitative estimate of drug-likeness (QED) is 0.783. The molecule has 0 aromatic heterocycles. The highest BCUT2D eigenvalue weighted by atomic mass is 19.3. The highest BCUT2D eigenvalue weighted by Gasteiger charge is 2.22. The molecule has 1 aliphatic rings. The van der Waals surface area contributed by atoms with Crippen molar-refractivity contribution in [2.75, 3.05) is 0 Å². The summed E-state index contributed by atoms with van der Waals surface area (Å²) in [4.78, 5) is 0. The molecule has 1 fully saturated rings. The predicted molar refractivity (Wildman–Crippen MR) is 75.3 cm³/mol. The summed E-state index contributed by atoms with van der Waals surface area (Å²) < 4.78 is 29.2. The van der Waals surface area contributed by atoms with Gasteiger partial charge in [0.1, 0.15) is 5.75 Å². The van der Waals surface area contributed by atoms with Crippen LogP contribution >= 0.6 is 0 Å². The number of halogens is 2. The first-order valence-electron chi connectivity index (χ1n) is 6.94. The monoisotopic (exact) mass is 282 g/mol. The van der Waals surface area contributed by atoms with Gasteiger partial charge in [-0.15, -0.1) is 0 Å². The minimum absolute atomic E-state index is 0.156. The Hall–Kier alpha value is -1.65. The van der Waals surface area contributed by atoms with Gasteiger partial charge in [-0.1, -0.05) is 12.1 Å². The summed E-state index contributed by atoms with van der Waals surface area (Å²) in [5.74, 6) is 0.156. The number of hydrazone groups is 1. The highest BCUT2D eigenvalue weighted by molar-refractivity contribution is 5.83. The van der Waals surface area contributed by atoms with Crippen LogP contribution in [0.25, 0.3) is 0 Å². The van der Waals surface area contributed by atoms with Crippen LogP contribution in [0, 0.1) is 0 Å². The molecule has 1 saturated heterocycles. The molecule has 1 heterocycles. The van der Waals surface area contributed by atoms with Crippen LogP contribution in [-0.2, 0) is 0 Å². The summed E-state index contributed by atoms with van der Waals surface area (Å²) in [7, 11) is 0. The fourth-order valence-electron chi connectivity index (χ4n) is 2.55. The van der Waals surface area contributed by atoms with Crippen LogP contribution in [0.15, 0.2) is 29.4 Å². The first-order valence-corrected chi connectivity index (χ1v) is 6.94. The lowest BCUT2D eigenvalue weighted by molar-refractivity contribution is -0.0499. The van der Waals surface area contributed by atoms with E-state index >= 15 is 0 Å². The van der Waals surface area contributed by atoms with E-state index in [0.717, 1.165) is 12.8 Å². The molecule has 0 radical (unpaired) electrons. The van der Waals surface area contributed by atoms with Crippen molar-refractivity contribution in [2.45, 2.75) is 51.8 Å². The van der Waals surface area contributed by atoms with Gasteiger partial charge in [0, 0.05) is 17.6 Å². The summed E-state index contributed by atoms with van der Waals surface area (Å²) in [5.41, 5.74) is 0.567. The second kappa shape index (κ2) is 6.68. The molecule has 5 heteroatoms. The minimum Gasteiger partial charge on any atom is -0.434 e. The van der Waals surface area contributed by atoms with Crippen molar-refractivity contribution >= 4 is 6.21 Å². The number of benzene rings is 1. The SMILES string of the molecule is C[C@H]1CCC[C@H](C)N1/N=C\c1ccccc1OC(F)F. The van der Waals surface area contributed by atoms with Gasteiger partial charge in [-0.2, -0.15) is 13.9 Å². The van der Waals surface area contributed by atoms with Gasteiger partial charge in [0.2, 0.25) is 0 Å². The van der Waals surface area contributed by atoms with Crippen LogP contribution < -0.4 is 4.74 Å². The number of piperidine rings is 1. The zero-order valence-electron chi connectivity index (χ0n) is 11.8. The van der Waals surface area contributed by atoms with Crippen LogP contribution in [0.3, 0.4) is 0 Å². The van der Waals surface area contributed by atoms with Crippen molar-refractivity contribution < 1.29 is 13.5 Å². The van der Waals surface area contributed by atoms with Gasteiger partial charge in [0.25, 0.3) is 0 Å². The number of nitrogens with zero attached hydrogens (tertiary/aromatic N) is 2. The predicted octanol–water partition coefficient (Wildman–Crippen LogP) is 3.88. The third kappa shape index (κ3) is 3.68. The van der Waals surface area contributed by atoms with E-state index in [4.69, 9.17) is 0 Å². The second-order valence-electron chi connectivity index (χ2n) is 5.17. The average Bonchev–Trinajstić information content (AvgIpc) is 2.39. The fraction of sp³-hybridized carbons (Fsp3) is 0.533. The number of para-hydroxylation sites is 1. The largest absolute Gasteiger partial charge is 0.434 e. The lowest BCUT2D eigenvalue weighted by Crippen LogP contribution is -2.39. The molecule has 0 spiro atoms. The second-order valence-corrected chi connectivity index (χ2v) is 5.17. The van der Waals surface area contributed by atoms with Crippen molar-refractivity contribution in [3.63, 3.8) is 0 Å². The van der Waals surface area contributed by atoms with Crippen LogP contribution in [0.4, 0.5) is 8.78 Å². The smallest absolute Gasteiger partial charge is 0.387 e. The molecule has 0 bridgehead atoms. The molecule has 1 aromatic carbocycles. The van der Waals surface area contributed by atoms with E-state index in [1.807, 2.05) is 5.01 Å². The lowest BCUT2D eigenvalue weighted by atomic mass is 10.00. The number of ether oxygens (including phenoxy) is 1. The lowest BCUT2D eigenvalue weighted by Gasteiger charge is -2.36. The number of hydrogen-bond acceptors (Lipinski definition) is 3. The maximum Gasteiger partial charge on any atom is 0.387 e. The van der Waals surface area contributed by atoms with E-state index in [9.17, 15) is 8.78 Å². The minimum atomic E-state index is -2.82. The Bertz CT molecular complexity index is 455. The average molecular weight is 282 g/mol. The van der Waals surface area contributed by atoms with Gasteiger partial charge in [0.05, 0.1) is 6.21 Å². The standard InChI is InChI=1S/C15H20F2N2O/c1-11-6-5-7-12(2)19(11)18-10-13-8-3-4-9-14(13)20-15(16)17/h3-4,8-12,15H,5-7H2,1-2H3/b18-10-/t11-,12-/m0/s1. The number of hydrogen-bond donors (Lipinski definition) is 0.